The summed E-state index contributed by atoms with van der Waals surface area (Å²) in [5.41, 5.74) is -2.65. The molecule has 0 unspecified atom stereocenters. The van der Waals surface area contributed by atoms with E-state index >= 15 is 0 Å². The molecule has 0 radical (unpaired) electrons. The lowest BCUT2D eigenvalue weighted by Crippen LogP contribution is -2.47. The average molecular weight is 461 g/mol. The number of pyridine rings is 1. The molecule has 1 aromatic carbocycles. The van der Waals surface area contributed by atoms with Crippen molar-refractivity contribution in [3.63, 3.8) is 0 Å². The van der Waals surface area contributed by atoms with Crippen LogP contribution in [0.5, 0.6) is 0 Å². The molecule has 2 aliphatic rings. The molecule has 0 aliphatic carbocycles. The van der Waals surface area contributed by atoms with Crippen LogP contribution in [0.4, 0.5) is 26.3 Å². The van der Waals surface area contributed by atoms with Crippen molar-refractivity contribution in [1.82, 2.24) is 15.2 Å². The molecule has 0 bridgehead atoms. The molecule has 3 heterocycles. The van der Waals surface area contributed by atoms with E-state index in [1.54, 1.807) is 35.2 Å². The minimum atomic E-state index is -5.08. The highest BCUT2D eigenvalue weighted by Gasteiger charge is 2.68. The third-order valence-electron chi connectivity index (χ3n) is 5.09. The lowest BCUT2D eigenvalue weighted by Gasteiger charge is -2.19. The number of rotatable bonds is 3. The fourth-order valence-corrected chi connectivity index (χ4v) is 3.51. The zero-order valence-corrected chi connectivity index (χ0v) is 16.3. The molecule has 0 spiro atoms. The van der Waals surface area contributed by atoms with Gasteiger partial charge in [-0.1, -0.05) is 6.07 Å². The Morgan fingerprint density at radius 1 is 1.12 bits per heavy atom. The molecular formula is C20H17F6N3O3. The standard InChI is InChI=1S/C18H16F3N3O.C2HF3O2/c19-13-6-4-12(5-7-13)15-3-1-2-14(23-15)8-24-10-17(20)9-22-16(25)18(17,21)11-24;3-2(4,5)1(6)7/h1-7H,8-11H2,(H,22,25);(H,6,7)/t17-,18-;/m1./s1. The van der Waals surface area contributed by atoms with Crippen molar-refractivity contribution in [2.24, 2.45) is 0 Å². The lowest BCUT2D eigenvalue weighted by molar-refractivity contribution is -0.192. The number of benzene rings is 1. The SMILES string of the molecule is O=C(O)C(F)(F)F.O=C1NC[C@@]2(F)CN(Cc3cccc(-c4ccc(F)cc4)n3)C[C@@]12F. The molecule has 32 heavy (non-hydrogen) atoms. The smallest absolute Gasteiger partial charge is 0.475 e. The molecule has 2 atom stereocenters. The van der Waals surface area contributed by atoms with Gasteiger partial charge >= 0.3 is 12.1 Å². The molecule has 2 aromatic rings. The Kier molecular flexibility index (Phi) is 6.18. The van der Waals surface area contributed by atoms with Gasteiger partial charge in [-0.3, -0.25) is 14.7 Å². The Morgan fingerprint density at radius 2 is 1.75 bits per heavy atom. The van der Waals surface area contributed by atoms with Gasteiger partial charge in [0.2, 0.25) is 5.67 Å². The van der Waals surface area contributed by atoms with Gasteiger partial charge < -0.3 is 10.4 Å². The number of halogens is 6. The molecule has 12 heteroatoms. The van der Waals surface area contributed by atoms with E-state index in [1.165, 1.54) is 12.1 Å². The van der Waals surface area contributed by atoms with Crippen LogP contribution < -0.4 is 5.32 Å². The van der Waals surface area contributed by atoms with Crippen molar-refractivity contribution >= 4 is 11.9 Å². The van der Waals surface area contributed by atoms with E-state index in [-0.39, 0.29) is 32.0 Å². The predicted octanol–water partition coefficient (Wildman–Crippen LogP) is 2.88. The maximum absolute atomic E-state index is 14.7. The van der Waals surface area contributed by atoms with Crippen LogP contribution in [0.2, 0.25) is 0 Å². The average Bonchev–Trinajstić information content (AvgIpc) is 3.09. The number of aromatic nitrogens is 1. The van der Waals surface area contributed by atoms with E-state index in [0.717, 1.165) is 5.56 Å². The quantitative estimate of drug-likeness (QED) is 0.688. The molecule has 2 fully saturated rings. The summed E-state index contributed by atoms with van der Waals surface area (Å²) in [5.74, 6) is -3.97. The highest BCUT2D eigenvalue weighted by molar-refractivity contribution is 5.90. The number of carbonyl (C=O) groups is 2. The number of carbonyl (C=O) groups excluding carboxylic acids is 1. The van der Waals surface area contributed by atoms with E-state index < -0.39 is 29.4 Å². The van der Waals surface area contributed by atoms with E-state index in [9.17, 15) is 31.1 Å². The van der Waals surface area contributed by atoms with Crippen molar-refractivity contribution in [3.05, 3.63) is 54.0 Å². The Morgan fingerprint density at radius 3 is 2.31 bits per heavy atom. The summed E-state index contributed by atoms with van der Waals surface area (Å²) in [6.45, 7) is -0.524. The molecular weight excluding hydrogens is 444 g/mol. The van der Waals surface area contributed by atoms with Crippen molar-refractivity contribution in [1.29, 1.82) is 0 Å². The number of aliphatic carboxylic acids is 1. The summed E-state index contributed by atoms with van der Waals surface area (Å²) in [7, 11) is 0. The van der Waals surface area contributed by atoms with Crippen LogP contribution in [0.1, 0.15) is 5.69 Å². The normalized spacial score (nSPS) is 25.0. The summed E-state index contributed by atoms with van der Waals surface area (Å²) < 4.78 is 74.2. The Bertz CT molecular complexity index is 1020. The largest absolute Gasteiger partial charge is 0.490 e. The molecule has 172 valence electrons. The summed E-state index contributed by atoms with van der Waals surface area (Å²) in [6, 6.07) is 11.3. The van der Waals surface area contributed by atoms with Gasteiger partial charge in [0.1, 0.15) is 5.82 Å². The number of nitrogens with zero attached hydrogens (tertiary/aromatic N) is 2. The first-order valence-corrected chi connectivity index (χ1v) is 9.24. The number of likely N-dealkylation sites (tertiary alicyclic amines) is 1. The van der Waals surface area contributed by atoms with Gasteiger partial charge in [-0.05, 0) is 36.4 Å². The number of nitrogens with one attached hydrogen (secondary N) is 1. The van der Waals surface area contributed by atoms with Crippen molar-refractivity contribution in [2.75, 3.05) is 19.6 Å². The van der Waals surface area contributed by atoms with Crippen LogP contribution in [-0.2, 0) is 16.1 Å². The van der Waals surface area contributed by atoms with Crippen LogP contribution in [0.15, 0.2) is 42.5 Å². The summed E-state index contributed by atoms with van der Waals surface area (Å²) in [6.07, 6.45) is -5.08. The number of carboxylic acid groups (broad SMARTS) is 1. The number of alkyl halides is 5. The predicted molar refractivity (Wildman–Crippen MR) is 99.3 cm³/mol. The maximum Gasteiger partial charge on any atom is 0.490 e. The van der Waals surface area contributed by atoms with Crippen LogP contribution in [-0.4, -0.2) is 64.0 Å². The Balaban J connectivity index is 0.000000360. The number of hydrogen-bond acceptors (Lipinski definition) is 4. The van der Waals surface area contributed by atoms with Gasteiger partial charge in [-0.25, -0.2) is 18.0 Å². The zero-order chi connectivity index (χ0) is 23.7. The van der Waals surface area contributed by atoms with Gasteiger partial charge in [0.15, 0.2) is 5.67 Å². The highest BCUT2D eigenvalue weighted by Crippen LogP contribution is 2.42. The summed E-state index contributed by atoms with van der Waals surface area (Å²) >= 11 is 0. The van der Waals surface area contributed by atoms with Crippen molar-refractivity contribution < 1.29 is 41.0 Å². The number of fused-ring (bicyclic) bond motifs is 1. The minimum Gasteiger partial charge on any atom is -0.475 e. The van der Waals surface area contributed by atoms with Crippen molar-refractivity contribution in [3.8, 4) is 11.3 Å². The van der Waals surface area contributed by atoms with E-state index in [2.05, 4.69) is 10.3 Å². The second-order valence-corrected chi connectivity index (χ2v) is 7.42. The van der Waals surface area contributed by atoms with Gasteiger partial charge in [-0.15, -0.1) is 0 Å². The monoisotopic (exact) mass is 461 g/mol. The number of amides is 1. The van der Waals surface area contributed by atoms with E-state index in [1.807, 2.05) is 0 Å². The topological polar surface area (TPSA) is 82.5 Å². The Hall–Kier alpha value is -3.15. The van der Waals surface area contributed by atoms with Crippen LogP contribution >= 0.6 is 0 Å². The Labute approximate surface area is 177 Å². The molecule has 2 N–H and O–H groups in total. The van der Waals surface area contributed by atoms with Crippen molar-refractivity contribution in [2.45, 2.75) is 24.1 Å². The van der Waals surface area contributed by atoms with Gasteiger partial charge in [0.05, 0.1) is 17.9 Å². The number of carboxylic acids is 1. The zero-order valence-electron chi connectivity index (χ0n) is 16.3. The lowest BCUT2D eigenvalue weighted by atomic mass is 9.93. The summed E-state index contributed by atoms with van der Waals surface area (Å²) in [4.78, 5) is 26.6. The first-order chi connectivity index (χ1) is 14.8. The molecule has 2 aliphatic heterocycles. The molecule has 1 amide bonds. The molecule has 6 nitrogen and oxygen atoms in total. The van der Waals surface area contributed by atoms with Gasteiger partial charge in [-0.2, -0.15) is 13.2 Å². The molecule has 4 rings (SSSR count). The fourth-order valence-electron chi connectivity index (χ4n) is 3.51. The van der Waals surface area contributed by atoms with E-state index in [0.29, 0.717) is 11.4 Å². The third kappa shape index (κ3) is 4.69. The van der Waals surface area contributed by atoms with E-state index in [4.69, 9.17) is 9.90 Å². The third-order valence-corrected chi connectivity index (χ3v) is 5.09. The molecule has 1 aromatic heterocycles. The fraction of sp³-hybridized carbons (Fsp3) is 0.350. The first-order valence-electron chi connectivity index (χ1n) is 9.24. The van der Waals surface area contributed by atoms with Gasteiger partial charge in [0.25, 0.3) is 5.91 Å². The van der Waals surface area contributed by atoms with Crippen LogP contribution in [0.25, 0.3) is 11.3 Å². The molecule has 2 saturated heterocycles. The van der Waals surface area contributed by atoms with Gasteiger partial charge in [0, 0.05) is 25.2 Å². The second-order valence-electron chi connectivity index (χ2n) is 7.42. The second kappa shape index (κ2) is 8.41. The number of hydrogen-bond donors (Lipinski definition) is 2. The summed E-state index contributed by atoms with van der Waals surface area (Å²) in [5, 5.41) is 9.39. The first kappa shape index (κ1) is 23.5. The van der Waals surface area contributed by atoms with Crippen LogP contribution in [0.3, 0.4) is 0 Å². The minimum absolute atomic E-state index is 0.162. The van der Waals surface area contributed by atoms with Crippen LogP contribution in [0, 0.1) is 5.82 Å². The maximum atomic E-state index is 14.7. The molecule has 0 saturated carbocycles. The highest BCUT2D eigenvalue weighted by atomic mass is 19.4.